The number of carbonyl (C=O) groups is 1. The van der Waals surface area contributed by atoms with Gasteiger partial charge in [-0.3, -0.25) is 0 Å². The summed E-state index contributed by atoms with van der Waals surface area (Å²) < 4.78 is 18.4. The van der Waals surface area contributed by atoms with Gasteiger partial charge in [-0.2, -0.15) is 4.98 Å². The van der Waals surface area contributed by atoms with Crippen LogP contribution in [0.2, 0.25) is 0 Å². The third kappa shape index (κ3) is 6.43. The van der Waals surface area contributed by atoms with Crippen molar-refractivity contribution in [3.63, 3.8) is 0 Å². The predicted octanol–water partition coefficient (Wildman–Crippen LogP) is 2.68. The number of benzene rings is 1. The first kappa shape index (κ1) is 21.5. The maximum absolute atomic E-state index is 13.3. The van der Waals surface area contributed by atoms with E-state index in [4.69, 9.17) is 9.84 Å². The summed E-state index contributed by atoms with van der Waals surface area (Å²) in [6.45, 7) is 2.86. The van der Waals surface area contributed by atoms with Gasteiger partial charge in [-0.05, 0) is 44.0 Å². The fourth-order valence-corrected chi connectivity index (χ4v) is 2.51. The average molecular weight is 391 g/mol. The zero-order valence-electron chi connectivity index (χ0n) is 16.1. The molecule has 28 heavy (non-hydrogen) atoms. The maximum Gasteiger partial charge on any atom is 0.327 e. The van der Waals surface area contributed by atoms with E-state index in [1.807, 2.05) is 6.92 Å². The van der Waals surface area contributed by atoms with E-state index in [1.165, 1.54) is 29.2 Å². The SMILES string of the molecule is COCC(C)Nc1nccc(N(C(=O)NCCCCO)c2ccc(F)cc2)n1. The number of carbonyl (C=O) groups excluding carboxylic acids is 1. The highest BCUT2D eigenvalue weighted by atomic mass is 19.1. The van der Waals surface area contributed by atoms with E-state index in [2.05, 4.69) is 20.6 Å². The van der Waals surface area contributed by atoms with E-state index in [9.17, 15) is 9.18 Å². The predicted molar refractivity (Wildman–Crippen MR) is 105 cm³/mol. The summed E-state index contributed by atoms with van der Waals surface area (Å²) in [6, 6.07) is 6.75. The van der Waals surface area contributed by atoms with E-state index in [0.29, 0.717) is 43.4 Å². The molecule has 0 bridgehead atoms. The lowest BCUT2D eigenvalue weighted by atomic mass is 10.2. The molecule has 0 aliphatic rings. The molecular formula is C19H26FN5O3. The van der Waals surface area contributed by atoms with Crippen LogP contribution in [0.5, 0.6) is 0 Å². The Morgan fingerprint density at radius 1 is 1.29 bits per heavy atom. The van der Waals surface area contributed by atoms with Gasteiger partial charge in [0, 0.05) is 38.6 Å². The number of methoxy groups -OCH3 is 1. The van der Waals surface area contributed by atoms with Gasteiger partial charge in [-0.25, -0.2) is 19.1 Å². The van der Waals surface area contributed by atoms with Gasteiger partial charge in [0.15, 0.2) is 0 Å². The Hall–Kier alpha value is -2.78. The van der Waals surface area contributed by atoms with Gasteiger partial charge < -0.3 is 20.5 Å². The Morgan fingerprint density at radius 2 is 2.04 bits per heavy atom. The van der Waals surface area contributed by atoms with Gasteiger partial charge in [-0.1, -0.05) is 0 Å². The number of aromatic nitrogens is 2. The van der Waals surface area contributed by atoms with Crippen molar-refractivity contribution in [1.82, 2.24) is 15.3 Å². The highest BCUT2D eigenvalue weighted by Gasteiger charge is 2.20. The number of rotatable bonds is 10. The molecule has 152 valence electrons. The number of nitrogens with zero attached hydrogens (tertiary/aromatic N) is 3. The number of hydrogen-bond acceptors (Lipinski definition) is 6. The number of aliphatic hydroxyl groups excluding tert-OH is 1. The van der Waals surface area contributed by atoms with Crippen molar-refractivity contribution in [3.8, 4) is 0 Å². The van der Waals surface area contributed by atoms with Gasteiger partial charge in [-0.15, -0.1) is 0 Å². The third-order valence-electron chi connectivity index (χ3n) is 3.81. The Kier molecular flexibility index (Phi) is 8.57. The van der Waals surface area contributed by atoms with E-state index >= 15 is 0 Å². The topological polar surface area (TPSA) is 99.6 Å². The summed E-state index contributed by atoms with van der Waals surface area (Å²) in [6.07, 6.45) is 2.78. The van der Waals surface area contributed by atoms with Gasteiger partial charge in [0.2, 0.25) is 5.95 Å². The quantitative estimate of drug-likeness (QED) is 0.539. The smallest absolute Gasteiger partial charge is 0.327 e. The number of urea groups is 1. The number of amides is 2. The number of halogens is 1. The number of anilines is 3. The molecule has 3 N–H and O–H groups in total. The van der Waals surface area contributed by atoms with Crippen LogP contribution in [-0.4, -0.2) is 54.0 Å². The molecule has 0 saturated heterocycles. The van der Waals surface area contributed by atoms with E-state index in [1.54, 1.807) is 19.4 Å². The van der Waals surface area contributed by atoms with Crippen LogP contribution < -0.4 is 15.5 Å². The molecule has 1 heterocycles. The highest BCUT2D eigenvalue weighted by Crippen LogP contribution is 2.24. The minimum atomic E-state index is -0.404. The maximum atomic E-state index is 13.3. The molecule has 2 rings (SSSR count). The fraction of sp³-hybridized carbons (Fsp3) is 0.421. The summed E-state index contributed by atoms with van der Waals surface area (Å²) in [7, 11) is 1.60. The molecule has 0 aliphatic carbocycles. The van der Waals surface area contributed by atoms with Crippen LogP contribution in [-0.2, 0) is 4.74 Å². The first-order chi connectivity index (χ1) is 13.5. The van der Waals surface area contributed by atoms with Crippen LogP contribution in [0.25, 0.3) is 0 Å². The number of nitrogens with one attached hydrogen (secondary N) is 2. The van der Waals surface area contributed by atoms with Crippen LogP contribution in [0.3, 0.4) is 0 Å². The van der Waals surface area contributed by atoms with Crippen LogP contribution >= 0.6 is 0 Å². The molecule has 0 aliphatic heterocycles. The van der Waals surface area contributed by atoms with Gasteiger partial charge in [0.05, 0.1) is 12.3 Å². The molecule has 2 amide bonds. The summed E-state index contributed by atoms with van der Waals surface area (Å²) in [4.78, 5) is 22.7. The molecule has 0 fully saturated rings. The molecule has 9 heteroatoms. The summed E-state index contributed by atoms with van der Waals surface area (Å²) in [5.74, 6) is 0.293. The molecule has 1 aromatic carbocycles. The molecule has 1 atom stereocenters. The molecule has 0 radical (unpaired) electrons. The summed E-state index contributed by atoms with van der Waals surface area (Å²) in [5.41, 5.74) is 0.468. The standard InChI is InChI=1S/C19H26FN5O3/c1-14(13-28-2)23-18-21-11-9-17(24-18)25(16-7-5-15(20)6-8-16)19(27)22-10-3-4-12-26/h5-9,11,14,26H,3-4,10,12-13H2,1-2H3,(H,22,27)(H,21,23,24). The summed E-state index contributed by atoms with van der Waals surface area (Å²) >= 11 is 0. The molecule has 0 spiro atoms. The highest BCUT2D eigenvalue weighted by molar-refractivity contribution is 5.98. The van der Waals surface area contributed by atoms with Crippen molar-refractivity contribution >= 4 is 23.5 Å². The van der Waals surface area contributed by atoms with Gasteiger partial charge in [0.25, 0.3) is 0 Å². The minimum absolute atomic E-state index is 0.0215. The zero-order valence-corrected chi connectivity index (χ0v) is 16.1. The minimum Gasteiger partial charge on any atom is -0.396 e. The second-order valence-electron chi connectivity index (χ2n) is 6.21. The summed E-state index contributed by atoms with van der Waals surface area (Å²) in [5, 5.41) is 14.8. The van der Waals surface area contributed by atoms with Gasteiger partial charge >= 0.3 is 6.03 Å². The van der Waals surface area contributed by atoms with Crippen LogP contribution in [0, 0.1) is 5.82 Å². The zero-order chi connectivity index (χ0) is 20.4. The Bertz CT molecular complexity index is 745. The number of hydrogen-bond donors (Lipinski definition) is 3. The lowest BCUT2D eigenvalue weighted by Crippen LogP contribution is -2.38. The lowest BCUT2D eigenvalue weighted by molar-refractivity contribution is 0.190. The number of aliphatic hydroxyl groups is 1. The molecule has 1 aromatic heterocycles. The van der Waals surface area contributed by atoms with Crippen LogP contribution in [0.4, 0.5) is 26.6 Å². The molecule has 1 unspecified atom stereocenters. The largest absolute Gasteiger partial charge is 0.396 e. The third-order valence-corrected chi connectivity index (χ3v) is 3.81. The Labute approximate surface area is 163 Å². The van der Waals surface area contributed by atoms with E-state index in [0.717, 1.165) is 0 Å². The lowest BCUT2D eigenvalue weighted by Gasteiger charge is -2.23. The van der Waals surface area contributed by atoms with Crippen LogP contribution in [0.15, 0.2) is 36.5 Å². The van der Waals surface area contributed by atoms with Gasteiger partial charge in [0.1, 0.15) is 11.6 Å². The molecular weight excluding hydrogens is 365 g/mol. The van der Waals surface area contributed by atoms with E-state index in [-0.39, 0.29) is 12.6 Å². The first-order valence-electron chi connectivity index (χ1n) is 9.08. The normalized spacial score (nSPS) is 11.7. The Morgan fingerprint density at radius 3 is 2.71 bits per heavy atom. The second kappa shape index (κ2) is 11.2. The number of ether oxygens (including phenoxy) is 1. The van der Waals surface area contributed by atoms with Crippen molar-refractivity contribution in [2.45, 2.75) is 25.8 Å². The first-order valence-corrected chi connectivity index (χ1v) is 9.08. The monoisotopic (exact) mass is 391 g/mol. The molecule has 8 nitrogen and oxygen atoms in total. The molecule has 2 aromatic rings. The average Bonchev–Trinajstić information content (AvgIpc) is 2.67. The van der Waals surface area contributed by atoms with Crippen LogP contribution in [0.1, 0.15) is 19.8 Å². The fourth-order valence-electron chi connectivity index (χ4n) is 2.51. The van der Waals surface area contributed by atoms with Crippen molar-refractivity contribution in [3.05, 3.63) is 42.3 Å². The van der Waals surface area contributed by atoms with Crippen molar-refractivity contribution < 1.29 is 19.0 Å². The molecule has 0 saturated carbocycles. The van der Waals surface area contributed by atoms with Crippen molar-refractivity contribution in [2.75, 3.05) is 37.1 Å². The second-order valence-corrected chi connectivity index (χ2v) is 6.21. The van der Waals surface area contributed by atoms with E-state index < -0.39 is 11.8 Å². The van der Waals surface area contributed by atoms with Crippen molar-refractivity contribution in [1.29, 1.82) is 0 Å². The Balaban J connectivity index is 2.25. The van der Waals surface area contributed by atoms with Crippen molar-refractivity contribution in [2.24, 2.45) is 0 Å². The number of unbranched alkanes of at least 4 members (excludes halogenated alkanes) is 1.